The summed E-state index contributed by atoms with van der Waals surface area (Å²) in [4.78, 5) is 0. The molecule has 2 heteroatoms. The Labute approximate surface area is 132 Å². The van der Waals surface area contributed by atoms with Crippen LogP contribution in [0.4, 0.5) is 0 Å². The van der Waals surface area contributed by atoms with Crippen molar-refractivity contribution in [3.05, 3.63) is 35.4 Å². The fourth-order valence-electron chi connectivity index (χ4n) is 3.04. The van der Waals surface area contributed by atoms with Crippen LogP contribution in [0.3, 0.4) is 0 Å². The molecular formula is C19H35N2+. The van der Waals surface area contributed by atoms with Crippen LogP contribution in [-0.4, -0.2) is 44.8 Å². The van der Waals surface area contributed by atoms with E-state index in [2.05, 4.69) is 50.5 Å². The lowest BCUT2D eigenvalue weighted by Crippen LogP contribution is -2.45. The molecule has 1 aromatic carbocycles. The zero-order chi connectivity index (χ0) is 15.6. The number of nitrogens with zero attached hydrogens (tertiary/aromatic N) is 1. The molecule has 1 atom stereocenters. The van der Waals surface area contributed by atoms with Crippen molar-refractivity contribution in [2.45, 2.75) is 46.0 Å². The van der Waals surface area contributed by atoms with Crippen LogP contribution in [0.15, 0.2) is 24.3 Å². The first-order chi connectivity index (χ1) is 10.1. The number of hydrogen-bond donors (Lipinski definition) is 1. The molecule has 0 amide bonds. The van der Waals surface area contributed by atoms with Crippen LogP contribution >= 0.6 is 0 Å². The molecule has 0 spiro atoms. The molecule has 0 saturated heterocycles. The minimum Gasteiger partial charge on any atom is -0.326 e. The molecule has 0 fully saturated rings. The van der Waals surface area contributed by atoms with Crippen LogP contribution in [0.1, 0.15) is 44.2 Å². The van der Waals surface area contributed by atoms with E-state index in [0.717, 1.165) is 6.54 Å². The van der Waals surface area contributed by atoms with E-state index >= 15 is 0 Å². The Morgan fingerprint density at radius 1 is 1.00 bits per heavy atom. The number of nitrogens with one attached hydrogen (secondary N) is 1. The Bertz CT molecular complexity index is 389. The van der Waals surface area contributed by atoms with Crippen LogP contribution in [0.2, 0.25) is 0 Å². The molecule has 1 N–H and O–H groups in total. The van der Waals surface area contributed by atoms with Crippen molar-refractivity contribution < 1.29 is 4.48 Å². The van der Waals surface area contributed by atoms with Crippen LogP contribution in [0, 0.1) is 0 Å². The van der Waals surface area contributed by atoms with E-state index in [9.17, 15) is 0 Å². The Hall–Kier alpha value is -0.860. The SMILES string of the molecule is CCC[N+](C)(CC)CCCc1cccc(CCCNC)c1. The number of rotatable bonds is 11. The van der Waals surface area contributed by atoms with Crippen molar-refractivity contribution in [2.75, 3.05) is 40.3 Å². The van der Waals surface area contributed by atoms with Gasteiger partial charge < -0.3 is 9.80 Å². The zero-order valence-electron chi connectivity index (χ0n) is 14.6. The molecule has 0 aromatic heterocycles. The van der Waals surface area contributed by atoms with Gasteiger partial charge >= 0.3 is 0 Å². The Balaban J connectivity index is 2.42. The normalized spacial score (nSPS) is 14.1. The van der Waals surface area contributed by atoms with E-state index in [-0.39, 0.29) is 0 Å². The van der Waals surface area contributed by atoms with Gasteiger partial charge in [0.15, 0.2) is 0 Å². The summed E-state index contributed by atoms with van der Waals surface area (Å²) in [5.74, 6) is 0. The molecule has 2 nitrogen and oxygen atoms in total. The molecule has 0 saturated carbocycles. The van der Waals surface area contributed by atoms with E-state index in [1.165, 1.54) is 67.3 Å². The van der Waals surface area contributed by atoms with E-state index in [0.29, 0.717) is 0 Å². The number of benzene rings is 1. The fourth-order valence-corrected chi connectivity index (χ4v) is 3.04. The highest BCUT2D eigenvalue weighted by atomic mass is 15.3. The van der Waals surface area contributed by atoms with Gasteiger partial charge in [-0.25, -0.2) is 0 Å². The molecule has 0 aliphatic heterocycles. The molecule has 21 heavy (non-hydrogen) atoms. The second-order valence-corrected chi connectivity index (χ2v) is 6.51. The third kappa shape index (κ3) is 7.10. The lowest BCUT2D eigenvalue weighted by molar-refractivity contribution is -0.908. The van der Waals surface area contributed by atoms with Crippen molar-refractivity contribution in [2.24, 2.45) is 0 Å². The summed E-state index contributed by atoms with van der Waals surface area (Å²) in [6, 6.07) is 9.19. The predicted molar refractivity (Wildman–Crippen MR) is 93.8 cm³/mol. The van der Waals surface area contributed by atoms with Gasteiger partial charge in [-0.05, 0) is 57.3 Å². The van der Waals surface area contributed by atoms with Crippen molar-refractivity contribution in [1.29, 1.82) is 0 Å². The molecular weight excluding hydrogens is 256 g/mol. The topological polar surface area (TPSA) is 12.0 Å². The van der Waals surface area contributed by atoms with E-state index in [4.69, 9.17) is 0 Å². The molecule has 1 unspecified atom stereocenters. The van der Waals surface area contributed by atoms with Gasteiger partial charge in [-0.3, -0.25) is 0 Å². The highest BCUT2D eigenvalue weighted by molar-refractivity contribution is 5.23. The second kappa shape index (κ2) is 9.97. The molecule has 1 aromatic rings. The molecule has 0 radical (unpaired) electrons. The summed E-state index contributed by atoms with van der Waals surface area (Å²) in [6.07, 6.45) is 6.21. The number of quaternary nitrogens is 1. The first kappa shape index (κ1) is 18.2. The third-order valence-electron chi connectivity index (χ3n) is 4.57. The van der Waals surface area contributed by atoms with E-state index in [1.54, 1.807) is 0 Å². The number of hydrogen-bond acceptors (Lipinski definition) is 1. The van der Waals surface area contributed by atoms with Gasteiger partial charge in [0, 0.05) is 6.42 Å². The van der Waals surface area contributed by atoms with Gasteiger partial charge in [-0.1, -0.05) is 31.2 Å². The van der Waals surface area contributed by atoms with Crippen molar-refractivity contribution in [3.8, 4) is 0 Å². The van der Waals surface area contributed by atoms with Crippen LogP contribution in [0.5, 0.6) is 0 Å². The van der Waals surface area contributed by atoms with Gasteiger partial charge in [0.05, 0.1) is 26.7 Å². The summed E-state index contributed by atoms with van der Waals surface area (Å²) in [6.45, 7) is 9.57. The van der Waals surface area contributed by atoms with Crippen LogP contribution in [0.25, 0.3) is 0 Å². The molecule has 120 valence electrons. The molecule has 0 heterocycles. The van der Waals surface area contributed by atoms with E-state index < -0.39 is 0 Å². The largest absolute Gasteiger partial charge is 0.326 e. The van der Waals surface area contributed by atoms with E-state index in [1.807, 2.05) is 7.05 Å². The summed E-state index contributed by atoms with van der Waals surface area (Å²) >= 11 is 0. The average Bonchev–Trinajstić information content (AvgIpc) is 2.48. The highest BCUT2D eigenvalue weighted by Crippen LogP contribution is 2.12. The minimum absolute atomic E-state index is 1.10. The maximum absolute atomic E-state index is 3.22. The lowest BCUT2D eigenvalue weighted by atomic mass is 10.0. The lowest BCUT2D eigenvalue weighted by Gasteiger charge is -2.33. The first-order valence-corrected chi connectivity index (χ1v) is 8.69. The minimum atomic E-state index is 1.10. The standard InChI is InChI=1S/C19H35N2/c1-5-15-21(4,6-2)16-9-13-19-11-7-10-18(17-19)12-8-14-20-3/h7,10-11,17,20H,5-6,8-9,12-16H2,1-4H3/q+1. The maximum Gasteiger partial charge on any atom is 0.0787 e. The van der Waals surface area contributed by atoms with Gasteiger partial charge in [-0.2, -0.15) is 0 Å². The van der Waals surface area contributed by atoms with Crippen LogP contribution < -0.4 is 5.32 Å². The number of aryl methyl sites for hydroxylation is 2. The van der Waals surface area contributed by atoms with Crippen molar-refractivity contribution in [1.82, 2.24) is 5.32 Å². The molecule has 0 aliphatic rings. The third-order valence-corrected chi connectivity index (χ3v) is 4.57. The quantitative estimate of drug-likeness (QED) is 0.485. The average molecular weight is 292 g/mol. The van der Waals surface area contributed by atoms with Gasteiger partial charge in [0.2, 0.25) is 0 Å². The smallest absolute Gasteiger partial charge is 0.0787 e. The Kier molecular flexibility index (Phi) is 8.63. The summed E-state index contributed by atoms with van der Waals surface area (Å²) in [5, 5.41) is 3.22. The van der Waals surface area contributed by atoms with Gasteiger partial charge in [-0.15, -0.1) is 0 Å². The van der Waals surface area contributed by atoms with Gasteiger partial charge in [0.1, 0.15) is 0 Å². The van der Waals surface area contributed by atoms with Crippen molar-refractivity contribution >= 4 is 0 Å². The molecule has 0 bridgehead atoms. The highest BCUT2D eigenvalue weighted by Gasteiger charge is 2.16. The molecule has 0 aliphatic carbocycles. The summed E-state index contributed by atoms with van der Waals surface area (Å²) in [5.41, 5.74) is 3.00. The Morgan fingerprint density at radius 3 is 2.24 bits per heavy atom. The zero-order valence-corrected chi connectivity index (χ0v) is 14.6. The van der Waals surface area contributed by atoms with Gasteiger partial charge in [0.25, 0.3) is 0 Å². The monoisotopic (exact) mass is 291 g/mol. The van der Waals surface area contributed by atoms with Crippen molar-refractivity contribution in [3.63, 3.8) is 0 Å². The predicted octanol–water partition coefficient (Wildman–Crippen LogP) is 3.65. The molecule has 1 rings (SSSR count). The Morgan fingerprint density at radius 2 is 1.67 bits per heavy atom. The summed E-state index contributed by atoms with van der Waals surface area (Å²) in [7, 11) is 4.42. The first-order valence-electron chi connectivity index (χ1n) is 8.69. The second-order valence-electron chi connectivity index (χ2n) is 6.51. The van der Waals surface area contributed by atoms with Crippen LogP contribution in [-0.2, 0) is 12.8 Å². The maximum atomic E-state index is 3.22. The summed E-state index contributed by atoms with van der Waals surface area (Å²) < 4.78 is 1.22. The fraction of sp³-hybridized carbons (Fsp3) is 0.684.